The smallest absolute Gasteiger partial charge is 0.246 e. The summed E-state index contributed by atoms with van der Waals surface area (Å²) in [5.41, 5.74) is 6.25. The first-order valence-corrected chi connectivity index (χ1v) is 7.98. The zero-order valence-corrected chi connectivity index (χ0v) is 12.8. The monoisotopic (exact) mass is 286 g/mol. The first-order valence-electron chi connectivity index (χ1n) is 6.54. The lowest BCUT2D eigenvalue weighted by Gasteiger charge is -2.17. The van der Waals surface area contributed by atoms with Crippen molar-refractivity contribution >= 4 is 10.0 Å². The van der Waals surface area contributed by atoms with Gasteiger partial charge in [-0.2, -0.15) is 0 Å². The van der Waals surface area contributed by atoms with Gasteiger partial charge in [0.25, 0.3) is 0 Å². The van der Waals surface area contributed by atoms with Crippen LogP contribution in [-0.4, -0.2) is 26.3 Å². The minimum atomic E-state index is -3.51. The fourth-order valence-electron chi connectivity index (χ4n) is 2.52. The zero-order chi connectivity index (χ0) is 14.4. The molecule has 19 heavy (non-hydrogen) atoms. The number of hydrogen-bond donors (Lipinski definition) is 1. The van der Waals surface area contributed by atoms with E-state index in [4.69, 9.17) is 10.2 Å². The molecule has 1 aliphatic rings. The van der Waals surface area contributed by atoms with Gasteiger partial charge in [-0.25, -0.2) is 12.7 Å². The highest BCUT2D eigenvalue weighted by atomic mass is 32.2. The van der Waals surface area contributed by atoms with E-state index in [1.54, 1.807) is 20.9 Å². The van der Waals surface area contributed by atoms with E-state index in [1.165, 1.54) is 4.31 Å². The molecule has 5 nitrogen and oxygen atoms in total. The summed E-state index contributed by atoms with van der Waals surface area (Å²) in [5.74, 6) is 2.12. The van der Waals surface area contributed by atoms with Crippen LogP contribution in [0.15, 0.2) is 9.31 Å². The molecule has 1 aliphatic carbocycles. The summed E-state index contributed by atoms with van der Waals surface area (Å²) in [6, 6.07) is 0. The van der Waals surface area contributed by atoms with Crippen molar-refractivity contribution in [2.75, 3.05) is 13.6 Å². The van der Waals surface area contributed by atoms with Gasteiger partial charge in [-0.1, -0.05) is 6.92 Å². The minimum absolute atomic E-state index is 0.172. The van der Waals surface area contributed by atoms with Gasteiger partial charge in [-0.05, 0) is 32.1 Å². The van der Waals surface area contributed by atoms with Gasteiger partial charge >= 0.3 is 0 Å². The fraction of sp³-hybridized carbons (Fsp3) is 0.692. The van der Waals surface area contributed by atoms with Crippen LogP contribution in [0, 0.1) is 25.7 Å². The van der Waals surface area contributed by atoms with E-state index in [-0.39, 0.29) is 11.4 Å². The van der Waals surface area contributed by atoms with Crippen LogP contribution in [0.4, 0.5) is 0 Å². The van der Waals surface area contributed by atoms with E-state index < -0.39 is 10.0 Å². The maximum absolute atomic E-state index is 12.6. The zero-order valence-electron chi connectivity index (χ0n) is 11.9. The molecule has 0 aliphatic heterocycles. The van der Waals surface area contributed by atoms with E-state index in [9.17, 15) is 8.42 Å². The Balaban J connectivity index is 2.33. The third-order valence-electron chi connectivity index (χ3n) is 3.97. The molecule has 2 unspecified atom stereocenters. The van der Waals surface area contributed by atoms with Crippen molar-refractivity contribution in [3.8, 4) is 0 Å². The van der Waals surface area contributed by atoms with Crippen LogP contribution < -0.4 is 5.73 Å². The molecule has 0 bridgehead atoms. The number of furan rings is 1. The molecule has 0 saturated heterocycles. The molecular formula is C13H22N2O3S. The lowest BCUT2D eigenvalue weighted by molar-refractivity contribution is 0.440. The predicted octanol–water partition coefficient (Wildman–Crippen LogP) is 1.63. The molecule has 2 rings (SSSR count). The average Bonchev–Trinajstić information content (AvgIpc) is 2.90. The molecule has 108 valence electrons. The third kappa shape index (κ3) is 2.57. The van der Waals surface area contributed by atoms with Crippen molar-refractivity contribution in [1.29, 1.82) is 0 Å². The standard InChI is InChI=1S/C13H22N2O3S/c1-8-5-11(8)7-15(4)19(16,17)13-10(3)18-9(2)12(13)6-14/h8,11H,5-7,14H2,1-4H3. The Bertz CT molecular complexity index is 577. The molecule has 1 aromatic heterocycles. The van der Waals surface area contributed by atoms with E-state index in [0.717, 1.165) is 6.42 Å². The van der Waals surface area contributed by atoms with Crippen molar-refractivity contribution in [2.45, 2.75) is 38.6 Å². The Kier molecular flexibility index (Phi) is 3.77. The molecule has 0 aromatic carbocycles. The molecule has 0 spiro atoms. The van der Waals surface area contributed by atoms with Gasteiger partial charge in [0.1, 0.15) is 16.4 Å². The van der Waals surface area contributed by atoms with Crippen LogP contribution in [0.25, 0.3) is 0 Å². The number of nitrogens with two attached hydrogens (primary N) is 1. The molecule has 6 heteroatoms. The maximum atomic E-state index is 12.6. The first kappa shape index (κ1) is 14.6. The van der Waals surface area contributed by atoms with E-state index in [1.807, 2.05) is 0 Å². The Morgan fingerprint density at radius 3 is 2.42 bits per heavy atom. The van der Waals surface area contributed by atoms with Gasteiger partial charge in [0, 0.05) is 25.7 Å². The average molecular weight is 286 g/mol. The molecule has 0 radical (unpaired) electrons. The summed E-state index contributed by atoms with van der Waals surface area (Å²) in [4.78, 5) is 0.253. The Hall–Kier alpha value is -0.850. The van der Waals surface area contributed by atoms with Gasteiger partial charge in [0.2, 0.25) is 10.0 Å². The van der Waals surface area contributed by atoms with Gasteiger partial charge in [-0.3, -0.25) is 0 Å². The number of nitrogens with zero attached hydrogens (tertiary/aromatic N) is 1. The lowest BCUT2D eigenvalue weighted by Crippen LogP contribution is -2.30. The molecular weight excluding hydrogens is 264 g/mol. The van der Waals surface area contributed by atoms with Crippen LogP contribution in [0.5, 0.6) is 0 Å². The largest absolute Gasteiger partial charge is 0.465 e. The van der Waals surface area contributed by atoms with Crippen LogP contribution in [0.2, 0.25) is 0 Å². The number of sulfonamides is 1. The SMILES string of the molecule is Cc1oc(C)c(S(=O)(=O)N(C)CC2CC2C)c1CN. The van der Waals surface area contributed by atoms with Crippen LogP contribution in [0.3, 0.4) is 0 Å². The van der Waals surface area contributed by atoms with E-state index in [2.05, 4.69) is 6.92 Å². The first-order chi connectivity index (χ1) is 8.78. The summed E-state index contributed by atoms with van der Waals surface area (Å²) in [6.07, 6.45) is 1.10. The molecule has 0 amide bonds. The molecule has 1 saturated carbocycles. The highest BCUT2D eigenvalue weighted by Gasteiger charge is 2.37. The molecule has 2 atom stereocenters. The number of aryl methyl sites for hydroxylation is 2. The minimum Gasteiger partial charge on any atom is -0.465 e. The lowest BCUT2D eigenvalue weighted by atomic mass is 10.2. The second-order valence-corrected chi connectivity index (χ2v) is 7.47. The van der Waals surface area contributed by atoms with Crippen molar-refractivity contribution in [3.63, 3.8) is 0 Å². The molecule has 2 N–H and O–H groups in total. The number of hydrogen-bond acceptors (Lipinski definition) is 4. The Labute approximate surface area is 114 Å². The van der Waals surface area contributed by atoms with Crippen molar-refractivity contribution in [1.82, 2.24) is 4.31 Å². The maximum Gasteiger partial charge on any atom is 0.246 e. The van der Waals surface area contributed by atoms with Gasteiger partial charge in [0.15, 0.2) is 0 Å². The van der Waals surface area contributed by atoms with E-state index >= 15 is 0 Å². The fourth-order valence-corrected chi connectivity index (χ4v) is 4.16. The molecule has 1 fully saturated rings. The summed E-state index contributed by atoms with van der Waals surface area (Å²) >= 11 is 0. The molecule has 1 aromatic rings. The third-order valence-corrected chi connectivity index (χ3v) is 5.98. The summed E-state index contributed by atoms with van der Waals surface area (Å²) in [7, 11) is -1.88. The summed E-state index contributed by atoms with van der Waals surface area (Å²) < 4.78 is 32.1. The molecule has 1 heterocycles. The van der Waals surface area contributed by atoms with Crippen molar-refractivity contribution in [3.05, 3.63) is 17.1 Å². The quantitative estimate of drug-likeness (QED) is 0.892. The van der Waals surface area contributed by atoms with Crippen LogP contribution in [-0.2, 0) is 16.6 Å². The van der Waals surface area contributed by atoms with Crippen LogP contribution >= 0.6 is 0 Å². The second kappa shape index (κ2) is 4.92. The summed E-state index contributed by atoms with van der Waals surface area (Å²) in [6.45, 7) is 6.30. The summed E-state index contributed by atoms with van der Waals surface area (Å²) in [5, 5.41) is 0. The predicted molar refractivity (Wildman–Crippen MR) is 73.2 cm³/mol. The van der Waals surface area contributed by atoms with Crippen molar-refractivity contribution < 1.29 is 12.8 Å². The topological polar surface area (TPSA) is 76.5 Å². The highest BCUT2D eigenvalue weighted by molar-refractivity contribution is 7.89. The van der Waals surface area contributed by atoms with Crippen LogP contribution in [0.1, 0.15) is 30.4 Å². The Morgan fingerprint density at radius 2 is 1.95 bits per heavy atom. The van der Waals surface area contributed by atoms with Gasteiger partial charge in [0.05, 0.1) is 0 Å². The second-order valence-electron chi connectivity index (χ2n) is 5.48. The van der Waals surface area contributed by atoms with E-state index in [0.29, 0.717) is 35.5 Å². The Morgan fingerprint density at radius 1 is 1.37 bits per heavy atom. The van der Waals surface area contributed by atoms with Crippen molar-refractivity contribution in [2.24, 2.45) is 17.6 Å². The van der Waals surface area contributed by atoms with Gasteiger partial charge in [-0.15, -0.1) is 0 Å². The van der Waals surface area contributed by atoms with Gasteiger partial charge < -0.3 is 10.2 Å². The number of rotatable bonds is 5. The highest BCUT2D eigenvalue weighted by Crippen LogP contribution is 2.39. The normalized spacial score (nSPS) is 23.1.